The van der Waals surface area contributed by atoms with E-state index in [1.54, 1.807) is 11.3 Å². The molecule has 1 N–H and O–H groups in total. The Balaban J connectivity index is 2.03. The van der Waals surface area contributed by atoms with Crippen molar-refractivity contribution in [2.75, 3.05) is 0 Å². The van der Waals surface area contributed by atoms with Gasteiger partial charge >= 0.3 is 0 Å². The van der Waals surface area contributed by atoms with Crippen LogP contribution < -0.4 is 5.32 Å². The summed E-state index contributed by atoms with van der Waals surface area (Å²) in [4.78, 5) is 13.0. The van der Waals surface area contributed by atoms with E-state index < -0.39 is 0 Å². The van der Waals surface area contributed by atoms with Gasteiger partial charge in [-0.2, -0.15) is 0 Å². The van der Waals surface area contributed by atoms with Gasteiger partial charge in [0.15, 0.2) is 0 Å². The Morgan fingerprint density at radius 1 is 1.35 bits per heavy atom. The summed E-state index contributed by atoms with van der Waals surface area (Å²) in [7, 11) is 0. The lowest BCUT2D eigenvalue weighted by atomic mass is 10.3. The molecule has 1 amide bonds. The second-order valence-electron chi connectivity index (χ2n) is 3.11. The lowest BCUT2D eigenvalue weighted by Crippen LogP contribution is -2.22. The van der Waals surface area contributed by atoms with Crippen LogP contribution in [-0.4, -0.2) is 5.91 Å². The van der Waals surface area contributed by atoms with Crippen LogP contribution in [0.5, 0.6) is 0 Å². The molecule has 0 unspecified atom stereocenters. The highest BCUT2D eigenvalue weighted by molar-refractivity contribution is 9.12. The van der Waals surface area contributed by atoms with E-state index in [1.165, 1.54) is 11.3 Å². The Morgan fingerprint density at radius 2 is 2.12 bits per heavy atom. The molecule has 0 fully saturated rings. The third kappa shape index (κ3) is 3.41. The van der Waals surface area contributed by atoms with Crippen molar-refractivity contribution >= 4 is 76.4 Å². The highest BCUT2D eigenvalue weighted by Gasteiger charge is 2.13. The Bertz CT molecular complexity index is 549. The molecule has 0 aliphatic carbocycles. The minimum atomic E-state index is -0.0703. The molecule has 2 rings (SSSR count). The third-order valence-electron chi connectivity index (χ3n) is 2.00. The van der Waals surface area contributed by atoms with Crippen LogP contribution in [0.4, 0.5) is 0 Å². The predicted molar refractivity (Wildman–Crippen MR) is 82.9 cm³/mol. The second-order valence-corrected chi connectivity index (χ2v) is 8.72. The SMILES string of the molecule is O=C(NCc1sccc1Br)c1cc(Br)sc1Br. The Hall–Kier alpha value is 0.310. The largest absolute Gasteiger partial charge is 0.347 e. The Kier molecular flexibility index (Phi) is 4.82. The van der Waals surface area contributed by atoms with Gasteiger partial charge in [0.25, 0.3) is 5.91 Å². The number of hydrogen-bond donors (Lipinski definition) is 1. The van der Waals surface area contributed by atoms with Gasteiger partial charge < -0.3 is 5.32 Å². The van der Waals surface area contributed by atoms with Gasteiger partial charge in [0.1, 0.15) is 0 Å². The highest BCUT2D eigenvalue weighted by atomic mass is 79.9. The highest BCUT2D eigenvalue weighted by Crippen LogP contribution is 2.32. The van der Waals surface area contributed by atoms with E-state index >= 15 is 0 Å². The van der Waals surface area contributed by atoms with Gasteiger partial charge in [-0.15, -0.1) is 22.7 Å². The predicted octanol–water partition coefficient (Wildman–Crippen LogP) is 5.03. The maximum atomic E-state index is 11.9. The van der Waals surface area contributed by atoms with Crippen molar-refractivity contribution < 1.29 is 4.79 Å². The first-order chi connectivity index (χ1) is 8.08. The van der Waals surface area contributed by atoms with Crippen LogP contribution in [-0.2, 0) is 6.54 Å². The number of halogens is 3. The maximum Gasteiger partial charge on any atom is 0.253 e. The normalized spacial score (nSPS) is 10.5. The van der Waals surface area contributed by atoms with Crippen LogP contribution in [0.1, 0.15) is 15.2 Å². The average molecular weight is 460 g/mol. The summed E-state index contributed by atoms with van der Waals surface area (Å²) in [6.07, 6.45) is 0. The summed E-state index contributed by atoms with van der Waals surface area (Å²) in [5.41, 5.74) is 0.662. The summed E-state index contributed by atoms with van der Waals surface area (Å²) < 4.78 is 2.81. The Morgan fingerprint density at radius 3 is 2.65 bits per heavy atom. The molecule has 0 saturated carbocycles. The number of amides is 1. The zero-order valence-electron chi connectivity index (χ0n) is 8.30. The minimum Gasteiger partial charge on any atom is -0.347 e. The molecular formula is C10H6Br3NOS2. The van der Waals surface area contributed by atoms with E-state index in [9.17, 15) is 4.79 Å². The number of hydrogen-bond acceptors (Lipinski definition) is 3. The fourth-order valence-electron chi connectivity index (χ4n) is 1.20. The van der Waals surface area contributed by atoms with Gasteiger partial charge in [-0.1, -0.05) is 0 Å². The standard InChI is InChI=1S/C10H6Br3NOS2/c11-6-1-2-16-7(6)4-14-10(15)5-3-8(12)17-9(5)13/h1-3H,4H2,(H,14,15). The smallest absolute Gasteiger partial charge is 0.253 e. The first-order valence-electron chi connectivity index (χ1n) is 4.53. The molecule has 0 spiro atoms. The molecule has 0 aliphatic rings. The average Bonchev–Trinajstić information content (AvgIpc) is 2.81. The zero-order valence-corrected chi connectivity index (χ0v) is 14.7. The first kappa shape index (κ1) is 13.7. The van der Waals surface area contributed by atoms with Gasteiger partial charge in [-0.05, 0) is 65.3 Å². The van der Waals surface area contributed by atoms with Crippen LogP contribution in [0.3, 0.4) is 0 Å². The zero-order chi connectivity index (χ0) is 12.4. The molecule has 0 radical (unpaired) electrons. The molecule has 7 heteroatoms. The van der Waals surface area contributed by atoms with Crippen LogP contribution >= 0.6 is 70.5 Å². The summed E-state index contributed by atoms with van der Waals surface area (Å²) in [6, 6.07) is 3.79. The number of carbonyl (C=O) groups is 1. The molecule has 17 heavy (non-hydrogen) atoms. The van der Waals surface area contributed by atoms with Gasteiger partial charge in [-0.3, -0.25) is 4.79 Å². The second kappa shape index (κ2) is 5.97. The van der Waals surface area contributed by atoms with Crippen molar-refractivity contribution in [3.63, 3.8) is 0 Å². The lowest BCUT2D eigenvalue weighted by molar-refractivity contribution is 0.0951. The summed E-state index contributed by atoms with van der Waals surface area (Å²) in [5, 5.41) is 4.88. The molecule has 2 aromatic heterocycles. The molecule has 2 aromatic rings. The van der Waals surface area contributed by atoms with E-state index in [0.717, 1.165) is 16.9 Å². The molecular weight excluding hydrogens is 454 g/mol. The number of rotatable bonds is 3. The van der Waals surface area contributed by atoms with Crippen LogP contribution in [0.25, 0.3) is 0 Å². The van der Waals surface area contributed by atoms with Gasteiger partial charge in [-0.25, -0.2) is 0 Å². The summed E-state index contributed by atoms with van der Waals surface area (Å²) in [5.74, 6) is -0.0703. The van der Waals surface area contributed by atoms with Crippen molar-refractivity contribution in [1.82, 2.24) is 5.32 Å². The van der Waals surface area contributed by atoms with Crippen molar-refractivity contribution in [2.24, 2.45) is 0 Å². The molecule has 0 saturated heterocycles. The number of carbonyl (C=O) groups excluding carboxylic acids is 1. The fraction of sp³-hybridized carbons (Fsp3) is 0.100. The van der Waals surface area contributed by atoms with Crippen molar-refractivity contribution in [2.45, 2.75) is 6.54 Å². The van der Waals surface area contributed by atoms with Gasteiger partial charge in [0.2, 0.25) is 0 Å². The summed E-state index contributed by atoms with van der Waals surface area (Å²) >= 11 is 13.3. The molecule has 90 valence electrons. The molecule has 2 heterocycles. The first-order valence-corrected chi connectivity index (χ1v) is 8.60. The molecule has 0 atom stereocenters. The fourth-order valence-corrected chi connectivity index (χ4v) is 5.43. The topological polar surface area (TPSA) is 29.1 Å². The number of thiophene rings is 2. The monoisotopic (exact) mass is 457 g/mol. The summed E-state index contributed by atoms with van der Waals surface area (Å²) in [6.45, 7) is 0.539. The quantitative estimate of drug-likeness (QED) is 0.685. The lowest BCUT2D eigenvalue weighted by Gasteiger charge is -2.03. The minimum absolute atomic E-state index is 0.0703. The molecule has 0 aromatic carbocycles. The van der Waals surface area contributed by atoms with Crippen LogP contribution in [0.15, 0.2) is 29.6 Å². The van der Waals surface area contributed by atoms with E-state index in [-0.39, 0.29) is 5.91 Å². The maximum absolute atomic E-state index is 11.9. The van der Waals surface area contributed by atoms with Crippen molar-refractivity contribution in [3.05, 3.63) is 40.0 Å². The van der Waals surface area contributed by atoms with E-state index in [2.05, 4.69) is 53.1 Å². The van der Waals surface area contributed by atoms with E-state index in [0.29, 0.717) is 12.1 Å². The van der Waals surface area contributed by atoms with Gasteiger partial charge in [0.05, 0.1) is 19.7 Å². The van der Waals surface area contributed by atoms with Crippen LogP contribution in [0, 0.1) is 0 Å². The van der Waals surface area contributed by atoms with Crippen molar-refractivity contribution in [3.8, 4) is 0 Å². The Labute approximate surface area is 132 Å². The third-order valence-corrected chi connectivity index (χ3v) is 6.27. The van der Waals surface area contributed by atoms with Gasteiger partial charge in [0, 0.05) is 9.35 Å². The molecule has 0 aliphatic heterocycles. The van der Waals surface area contributed by atoms with Crippen molar-refractivity contribution in [1.29, 1.82) is 0 Å². The molecule has 0 bridgehead atoms. The molecule has 2 nitrogen and oxygen atoms in total. The van der Waals surface area contributed by atoms with E-state index in [4.69, 9.17) is 0 Å². The number of nitrogens with one attached hydrogen (secondary N) is 1. The van der Waals surface area contributed by atoms with Crippen LogP contribution in [0.2, 0.25) is 0 Å². The van der Waals surface area contributed by atoms with E-state index in [1.807, 2.05) is 17.5 Å².